The molecule has 1 aliphatic carbocycles. The number of nitrogens with zero attached hydrogens (tertiary/aromatic N) is 1. The molecule has 1 aliphatic rings. The molecule has 1 aromatic rings. The van der Waals surface area contributed by atoms with E-state index in [9.17, 15) is 8.78 Å². The Bertz CT molecular complexity index is 357. The van der Waals surface area contributed by atoms with Crippen molar-refractivity contribution in [3.05, 3.63) is 29.6 Å². The summed E-state index contributed by atoms with van der Waals surface area (Å²) in [6, 6.07) is 1.30. The van der Waals surface area contributed by atoms with Crippen molar-refractivity contribution < 1.29 is 8.78 Å². The van der Waals surface area contributed by atoms with Crippen LogP contribution in [0.4, 0.5) is 8.78 Å². The van der Waals surface area contributed by atoms with Gasteiger partial charge in [-0.25, -0.2) is 9.37 Å². The fraction of sp³-hybridized carbons (Fsp3) is 0.615. The Morgan fingerprint density at radius 2 is 1.94 bits per heavy atom. The molecule has 2 rings (SSSR count). The molecule has 0 amide bonds. The van der Waals surface area contributed by atoms with Gasteiger partial charge >= 0.3 is 0 Å². The Morgan fingerprint density at radius 1 is 1.25 bits per heavy atom. The molecule has 3 heteroatoms. The zero-order chi connectivity index (χ0) is 11.5. The van der Waals surface area contributed by atoms with Crippen molar-refractivity contribution >= 4 is 0 Å². The molecular weight excluding hydrogens is 208 g/mol. The van der Waals surface area contributed by atoms with Crippen LogP contribution in [0.1, 0.15) is 50.5 Å². The van der Waals surface area contributed by atoms with Gasteiger partial charge in [-0.1, -0.05) is 13.3 Å². The van der Waals surface area contributed by atoms with Gasteiger partial charge in [-0.15, -0.1) is 0 Å². The third-order valence-corrected chi connectivity index (χ3v) is 3.71. The van der Waals surface area contributed by atoms with Crippen molar-refractivity contribution in [1.82, 2.24) is 4.98 Å². The maximum absolute atomic E-state index is 13.0. The van der Waals surface area contributed by atoms with Crippen LogP contribution in [0.15, 0.2) is 12.3 Å². The van der Waals surface area contributed by atoms with Gasteiger partial charge in [0.2, 0.25) is 5.95 Å². The second kappa shape index (κ2) is 4.89. The van der Waals surface area contributed by atoms with Gasteiger partial charge in [0.25, 0.3) is 0 Å². The summed E-state index contributed by atoms with van der Waals surface area (Å²) in [4.78, 5) is 3.45. The van der Waals surface area contributed by atoms with Crippen LogP contribution in [0.25, 0.3) is 0 Å². The van der Waals surface area contributed by atoms with Crippen LogP contribution in [-0.2, 0) is 0 Å². The summed E-state index contributed by atoms with van der Waals surface area (Å²) < 4.78 is 25.7. The first-order valence-electron chi connectivity index (χ1n) is 6.01. The van der Waals surface area contributed by atoms with E-state index in [1.807, 2.05) is 0 Å². The lowest BCUT2D eigenvalue weighted by Gasteiger charge is -2.27. The highest BCUT2D eigenvalue weighted by Crippen LogP contribution is 2.36. The van der Waals surface area contributed by atoms with Crippen molar-refractivity contribution in [2.45, 2.75) is 44.9 Å². The Morgan fingerprint density at radius 3 is 2.50 bits per heavy atom. The van der Waals surface area contributed by atoms with Gasteiger partial charge in [0.1, 0.15) is 0 Å². The topological polar surface area (TPSA) is 12.9 Å². The highest BCUT2D eigenvalue weighted by atomic mass is 19.2. The fourth-order valence-corrected chi connectivity index (χ4v) is 2.56. The molecule has 1 fully saturated rings. The molecule has 0 radical (unpaired) electrons. The van der Waals surface area contributed by atoms with E-state index in [0.717, 1.165) is 24.3 Å². The van der Waals surface area contributed by atoms with Crippen LogP contribution in [0.5, 0.6) is 0 Å². The quantitative estimate of drug-likeness (QED) is 0.692. The summed E-state index contributed by atoms with van der Waals surface area (Å²) in [6.07, 6.45) is 7.24. The molecule has 0 N–H and O–H groups in total. The SMILES string of the molecule is CCC1CCC(c2cnc(F)c(F)c2)CC1. The zero-order valence-corrected chi connectivity index (χ0v) is 9.55. The Hall–Kier alpha value is -0.990. The summed E-state index contributed by atoms with van der Waals surface area (Å²) >= 11 is 0. The standard InChI is InChI=1S/C13H17F2N/c1-2-9-3-5-10(6-4-9)11-7-12(14)13(15)16-8-11/h7-10H,2-6H2,1H3. The van der Waals surface area contributed by atoms with E-state index in [2.05, 4.69) is 11.9 Å². The highest BCUT2D eigenvalue weighted by Gasteiger charge is 2.22. The second-order valence-electron chi connectivity index (χ2n) is 4.67. The number of hydrogen-bond donors (Lipinski definition) is 0. The van der Waals surface area contributed by atoms with Crippen molar-refractivity contribution in [3.8, 4) is 0 Å². The first-order chi connectivity index (χ1) is 7.70. The third-order valence-electron chi connectivity index (χ3n) is 3.71. The van der Waals surface area contributed by atoms with Crippen LogP contribution >= 0.6 is 0 Å². The van der Waals surface area contributed by atoms with Crippen molar-refractivity contribution in [2.24, 2.45) is 5.92 Å². The van der Waals surface area contributed by atoms with Gasteiger partial charge < -0.3 is 0 Å². The lowest BCUT2D eigenvalue weighted by molar-refractivity contribution is 0.317. The number of halogens is 2. The highest BCUT2D eigenvalue weighted by molar-refractivity contribution is 5.17. The third kappa shape index (κ3) is 2.39. The molecule has 0 saturated heterocycles. The molecule has 1 aromatic heterocycles. The van der Waals surface area contributed by atoms with Gasteiger partial charge in [0.05, 0.1) is 0 Å². The second-order valence-corrected chi connectivity index (χ2v) is 4.67. The minimum atomic E-state index is -0.994. The summed E-state index contributed by atoms with van der Waals surface area (Å²) in [5.74, 6) is -0.638. The maximum Gasteiger partial charge on any atom is 0.248 e. The van der Waals surface area contributed by atoms with E-state index >= 15 is 0 Å². The first-order valence-corrected chi connectivity index (χ1v) is 6.01. The van der Waals surface area contributed by atoms with Crippen molar-refractivity contribution in [2.75, 3.05) is 0 Å². The molecule has 0 spiro atoms. The smallest absolute Gasteiger partial charge is 0.225 e. The van der Waals surface area contributed by atoms with Gasteiger partial charge in [0, 0.05) is 6.20 Å². The van der Waals surface area contributed by atoms with Crippen LogP contribution in [-0.4, -0.2) is 4.98 Å². The largest absolute Gasteiger partial charge is 0.248 e. The van der Waals surface area contributed by atoms with Gasteiger partial charge in [-0.05, 0) is 49.1 Å². The normalized spacial score (nSPS) is 25.7. The lowest BCUT2D eigenvalue weighted by Crippen LogP contribution is -2.13. The fourth-order valence-electron chi connectivity index (χ4n) is 2.56. The minimum Gasteiger partial charge on any atom is -0.225 e. The average Bonchev–Trinajstić information content (AvgIpc) is 2.33. The summed E-state index contributed by atoms with van der Waals surface area (Å²) in [7, 11) is 0. The average molecular weight is 225 g/mol. The molecule has 1 nitrogen and oxygen atoms in total. The van der Waals surface area contributed by atoms with E-state index in [1.54, 1.807) is 0 Å². The maximum atomic E-state index is 13.0. The summed E-state index contributed by atoms with van der Waals surface area (Å²) in [5.41, 5.74) is 0.855. The molecule has 16 heavy (non-hydrogen) atoms. The van der Waals surface area contributed by atoms with E-state index in [0.29, 0.717) is 5.92 Å². The zero-order valence-electron chi connectivity index (χ0n) is 9.55. The number of hydrogen-bond acceptors (Lipinski definition) is 1. The number of aromatic nitrogens is 1. The molecule has 88 valence electrons. The predicted molar refractivity (Wildman–Crippen MR) is 59.1 cm³/mol. The minimum absolute atomic E-state index is 0.366. The van der Waals surface area contributed by atoms with Crippen LogP contribution < -0.4 is 0 Å². The Labute approximate surface area is 94.9 Å². The molecule has 0 aliphatic heterocycles. The predicted octanol–water partition coefficient (Wildman–Crippen LogP) is 4.04. The van der Waals surface area contributed by atoms with Gasteiger partial charge in [-0.3, -0.25) is 0 Å². The van der Waals surface area contributed by atoms with Gasteiger partial charge in [-0.2, -0.15) is 4.39 Å². The molecule has 0 atom stereocenters. The van der Waals surface area contributed by atoms with Crippen LogP contribution in [0.3, 0.4) is 0 Å². The molecular formula is C13H17F2N. The van der Waals surface area contributed by atoms with Crippen molar-refractivity contribution in [1.29, 1.82) is 0 Å². The van der Waals surface area contributed by atoms with E-state index in [-0.39, 0.29) is 0 Å². The first kappa shape index (κ1) is 11.5. The van der Waals surface area contributed by atoms with Crippen LogP contribution in [0, 0.1) is 17.7 Å². The lowest BCUT2D eigenvalue weighted by atomic mass is 9.78. The molecule has 0 bridgehead atoms. The summed E-state index contributed by atoms with van der Waals surface area (Å²) in [6.45, 7) is 2.21. The molecule has 0 unspecified atom stereocenters. The Balaban J connectivity index is 2.05. The summed E-state index contributed by atoms with van der Waals surface area (Å²) in [5, 5.41) is 0. The van der Waals surface area contributed by atoms with E-state index < -0.39 is 11.8 Å². The van der Waals surface area contributed by atoms with Gasteiger partial charge in [0.15, 0.2) is 5.82 Å². The van der Waals surface area contributed by atoms with E-state index in [4.69, 9.17) is 0 Å². The van der Waals surface area contributed by atoms with E-state index in [1.165, 1.54) is 31.5 Å². The Kier molecular flexibility index (Phi) is 3.52. The molecule has 0 aromatic carbocycles. The van der Waals surface area contributed by atoms with Crippen LogP contribution in [0.2, 0.25) is 0 Å². The molecule has 1 saturated carbocycles. The number of pyridine rings is 1. The molecule has 1 heterocycles. The number of rotatable bonds is 2. The monoisotopic (exact) mass is 225 g/mol. The van der Waals surface area contributed by atoms with Crippen molar-refractivity contribution in [3.63, 3.8) is 0 Å².